The maximum atomic E-state index is 5.89. The summed E-state index contributed by atoms with van der Waals surface area (Å²) in [6.07, 6.45) is 11.7. The number of hydrogen-bond donors (Lipinski definition) is 2. The van der Waals surface area contributed by atoms with Crippen LogP contribution in [0.1, 0.15) is 69.9 Å². The lowest BCUT2D eigenvalue weighted by Crippen LogP contribution is -2.32. The lowest BCUT2D eigenvalue weighted by atomic mass is 10.2. The molecule has 0 saturated carbocycles. The van der Waals surface area contributed by atoms with Crippen molar-refractivity contribution in [2.45, 2.75) is 77.7 Å². The number of unbranched alkanes of at least 4 members (excludes halogenated alkanes) is 3. The van der Waals surface area contributed by atoms with Gasteiger partial charge in [-0.2, -0.15) is 0 Å². The van der Waals surface area contributed by atoms with E-state index < -0.39 is 0 Å². The van der Waals surface area contributed by atoms with Gasteiger partial charge in [0, 0.05) is 32.5 Å². The molecule has 23 heavy (non-hydrogen) atoms. The molecular formula is C17H32N6. The fraction of sp³-hybridized carbons (Fsp3) is 0.824. The van der Waals surface area contributed by atoms with Crippen molar-refractivity contribution >= 4 is 5.96 Å². The van der Waals surface area contributed by atoms with Gasteiger partial charge in [-0.15, -0.1) is 10.2 Å². The molecule has 2 rings (SSSR count). The van der Waals surface area contributed by atoms with Crippen LogP contribution in [0.3, 0.4) is 0 Å². The highest BCUT2D eigenvalue weighted by atomic mass is 15.3. The van der Waals surface area contributed by atoms with Gasteiger partial charge in [-0.25, -0.2) is 0 Å². The van der Waals surface area contributed by atoms with Crippen molar-refractivity contribution in [1.29, 1.82) is 0 Å². The van der Waals surface area contributed by atoms with Crippen LogP contribution in [-0.4, -0.2) is 33.8 Å². The van der Waals surface area contributed by atoms with Crippen LogP contribution in [-0.2, 0) is 19.4 Å². The summed E-state index contributed by atoms with van der Waals surface area (Å²) in [5.41, 5.74) is 5.89. The molecule has 0 saturated heterocycles. The molecule has 0 amide bonds. The van der Waals surface area contributed by atoms with Gasteiger partial charge in [0.05, 0.1) is 0 Å². The number of nitrogens with one attached hydrogen (secondary N) is 1. The molecule has 1 aliphatic rings. The van der Waals surface area contributed by atoms with E-state index in [9.17, 15) is 0 Å². The third-order valence-electron chi connectivity index (χ3n) is 4.36. The molecule has 0 aromatic carbocycles. The van der Waals surface area contributed by atoms with Gasteiger partial charge in [0.25, 0.3) is 0 Å². The molecule has 0 spiro atoms. The second-order valence-electron chi connectivity index (χ2n) is 6.35. The van der Waals surface area contributed by atoms with E-state index in [1.165, 1.54) is 38.5 Å². The monoisotopic (exact) mass is 320 g/mol. The third-order valence-corrected chi connectivity index (χ3v) is 4.36. The first-order chi connectivity index (χ1) is 11.3. The average molecular weight is 320 g/mol. The molecule has 3 N–H and O–H groups in total. The zero-order valence-electron chi connectivity index (χ0n) is 14.6. The largest absolute Gasteiger partial charge is 0.370 e. The maximum absolute atomic E-state index is 5.89. The summed E-state index contributed by atoms with van der Waals surface area (Å²) in [5.74, 6) is 2.85. The van der Waals surface area contributed by atoms with Crippen LogP contribution in [0, 0.1) is 0 Å². The zero-order chi connectivity index (χ0) is 16.3. The molecule has 6 nitrogen and oxygen atoms in total. The van der Waals surface area contributed by atoms with E-state index in [-0.39, 0.29) is 0 Å². The van der Waals surface area contributed by atoms with Crippen molar-refractivity contribution < 1.29 is 0 Å². The average Bonchev–Trinajstić information content (AvgIpc) is 2.78. The smallest absolute Gasteiger partial charge is 0.188 e. The first-order valence-electron chi connectivity index (χ1n) is 9.26. The molecule has 0 unspecified atom stereocenters. The van der Waals surface area contributed by atoms with Crippen LogP contribution >= 0.6 is 0 Å². The Morgan fingerprint density at radius 2 is 2.09 bits per heavy atom. The molecule has 1 aromatic heterocycles. The van der Waals surface area contributed by atoms with Crippen LogP contribution in [0.2, 0.25) is 0 Å². The number of fused-ring (bicyclic) bond motifs is 1. The quantitative estimate of drug-likeness (QED) is 0.416. The predicted octanol–water partition coefficient (Wildman–Crippen LogP) is 2.42. The van der Waals surface area contributed by atoms with E-state index in [4.69, 9.17) is 5.73 Å². The topological polar surface area (TPSA) is 81.1 Å². The standard InChI is InChI=1S/C17H32N6/c1-2-3-4-7-12-19-17(18)20-13-9-11-16-22-21-15-10-6-5-8-14-23(15)16/h2-14H2,1H3,(H3,18,19,20). The summed E-state index contributed by atoms with van der Waals surface area (Å²) in [7, 11) is 0. The second-order valence-corrected chi connectivity index (χ2v) is 6.35. The number of aliphatic imine (C=N–C) groups is 1. The molecule has 0 fully saturated rings. The summed E-state index contributed by atoms with van der Waals surface area (Å²) in [6, 6.07) is 0. The molecule has 6 heteroatoms. The Hall–Kier alpha value is -1.59. The maximum Gasteiger partial charge on any atom is 0.188 e. The van der Waals surface area contributed by atoms with E-state index >= 15 is 0 Å². The molecule has 0 radical (unpaired) electrons. The van der Waals surface area contributed by atoms with Crippen molar-refractivity contribution in [1.82, 2.24) is 20.1 Å². The second kappa shape index (κ2) is 10.2. The number of nitrogens with two attached hydrogens (primary N) is 1. The van der Waals surface area contributed by atoms with Gasteiger partial charge in [0.15, 0.2) is 5.96 Å². The Balaban J connectivity index is 1.65. The van der Waals surface area contributed by atoms with Crippen molar-refractivity contribution in [3.63, 3.8) is 0 Å². The highest BCUT2D eigenvalue weighted by Gasteiger charge is 2.13. The van der Waals surface area contributed by atoms with Crippen LogP contribution in [0.4, 0.5) is 0 Å². The molecule has 1 aliphatic heterocycles. The van der Waals surface area contributed by atoms with Gasteiger partial charge in [-0.05, 0) is 25.7 Å². The predicted molar refractivity (Wildman–Crippen MR) is 94.5 cm³/mol. The Labute approximate surface area is 140 Å². The molecule has 0 atom stereocenters. The highest BCUT2D eigenvalue weighted by Crippen LogP contribution is 2.15. The van der Waals surface area contributed by atoms with Crippen LogP contribution < -0.4 is 11.1 Å². The SMILES string of the molecule is CCCCCCNC(N)=NCCCc1nnc2n1CCCCC2. The summed E-state index contributed by atoms with van der Waals surface area (Å²) < 4.78 is 2.31. The molecular weight excluding hydrogens is 288 g/mol. The van der Waals surface area contributed by atoms with Crippen molar-refractivity contribution in [2.75, 3.05) is 13.1 Å². The summed E-state index contributed by atoms with van der Waals surface area (Å²) in [4.78, 5) is 4.40. The lowest BCUT2D eigenvalue weighted by molar-refractivity contribution is 0.597. The van der Waals surface area contributed by atoms with Gasteiger partial charge >= 0.3 is 0 Å². The van der Waals surface area contributed by atoms with Crippen LogP contribution in [0.15, 0.2) is 4.99 Å². The van der Waals surface area contributed by atoms with E-state index in [1.807, 2.05) is 0 Å². The Kier molecular flexibility index (Phi) is 7.90. The highest BCUT2D eigenvalue weighted by molar-refractivity contribution is 5.77. The molecule has 0 bridgehead atoms. The number of aromatic nitrogens is 3. The molecule has 2 heterocycles. The van der Waals surface area contributed by atoms with E-state index in [0.717, 1.165) is 57.0 Å². The normalized spacial score (nSPS) is 15.3. The van der Waals surface area contributed by atoms with Gasteiger partial charge in [-0.3, -0.25) is 4.99 Å². The first-order valence-corrected chi connectivity index (χ1v) is 9.26. The van der Waals surface area contributed by atoms with Crippen molar-refractivity contribution in [3.05, 3.63) is 11.6 Å². The van der Waals surface area contributed by atoms with Gasteiger partial charge in [-0.1, -0.05) is 32.6 Å². The number of aryl methyl sites for hydroxylation is 2. The fourth-order valence-corrected chi connectivity index (χ4v) is 2.99. The number of nitrogens with zero attached hydrogens (tertiary/aromatic N) is 4. The van der Waals surface area contributed by atoms with E-state index in [0.29, 0.717) is 5.96 Å². The van der Waals surface area contributed by atoms with E-state index in [1.54, 1.807) is 0 Å². The number of guanidine groups is 1. The van der Waals surface area contributed by atoms with Crippen molar-refractivity contribution in [3.8, 4) is 0 Å². The minimum atomic E-state index is 0.571. The van der Waals surface area contributed by atoms with Gasteiger partial charge in [0.1, 0.15) is 11.6 Å². The van der Waals surface area contributed by atoms with Gasteiger partial charge < -0.3 is 15.6 Å². The minimum Gasteiger partial charge on any atom is -0.370 e. The minimum absolute atomic E-state index is 0.571. The van der Waals surface area contributed by atoms with Gasteiger partial charge in [0.2, 0.25) is 0 Å². The summed E-state index contributed by atoms with van der Waals surface area (Å²) in [6.45, 7) is 4.96. The first kappa shape index (κ1) is 17.8. The molecule has 0 aliphatic carbocycles. The van der Waals surface area contributed by atoms with Crippen LogP contribution in [0.25, 0.3) is 0 Å². The molecule has 1 aromatic rings. The van der Waals surface area contributed by atoms with E-state index in [2.05, 4.69) is 32.0 Å². The zero-order valence-corrected chi connectivity index (χ0v) is 14.6. The summed E-state index contributed by atoms with van der Waals surface area (Å²) in [5, 5.41) is 11.9. The Bertz CT molecular complexity index is 479. The Morgan fingerprint density at radius 1 is 1.17 bits per heavy atom. The third kappa shape index (κ3) is 6.20. The van der Waals surface area contributed by atoms with Crippen molar-refractivity contribution in [2.24, 2.45) is 10.7 Å². The Morgan fingerprint density at radius 3 is 2.96 bits per heavy atom. The summed E-state index contributed by atoms with van der Waals surface area (Å²) >= 11 is 0. The number of rotatable bonds is 9. The number of hydrogen-bond acceptors (Lipinski definition) is 3. The van der Waals surface area contributed by atoms with Crippen LogP contribution in [0.5, 0.6) is 0 Å². The lowest BCUT2D eigenvalue weighted by Gasteiger charge is -2.07. The molecule has 130 valence electrons. The fourth-order valence-electron chi connectivity index (χ4n) is 2.99.